The Labute approximate surface area is 136 Å². The standard InChI is InChI=1S/C16H24N6O/c1-11(2)8-22-5-6-23-12(9-22)7-18-15-13-3-4-14(17)21-16(13)20-10-19-15/h3-4,10-12H,5-9H2,1-2H3,(H3,17,18,19,20,21). The molecule has 1 atom stereocenters. The summed E-state index contributed by atoms with van der Waals surface area (Å²) >= 11 is 0. The molecule has 23 heavy (non-hydrogen) atoms. The SMILES string of the molecule is CC(C)CN1CCOC(CNc2ncnc3nc(N)ccc23)C1. The lowest BCUT2D eigenvalue weighted by molar-refractivity contribution is -0.0244. The third-order valence-corrected chi connectivity index (χ3v) is 3.86. The first-order valence-corrected chi connectivity index (χ1v) is 8.07. The van der Waals surface area contributed by atoms with Crippen molar-refractivity contribution in [3.8, 4) is 0 Å². The van der Waals surface area contributed by atoms with E-state index in [0.717, 1.165) is 37.4 Å². The summed E-state index contributed by atoms with van der Waals surface area (Å²) in [6.45, 7) is 9.04. The summed E-state index contributed by atoms with van der Waals surface area (Å²) in [6, 6.07) is 3.66. The van der Waals surface area contributed by atoms with E-state index in [2.05, 4.69) is 39.0 Å². The van der Waals surface area contributed by atoms with E-state index in [0.29, 0.717) is 23.9 Å². The number of rotatable bonds is 5. The molecule has 3 rings (SSSR count). The highest BCUT2D eigenvalue weighted by Crippen LogP contribution is 2.19. The lowest BCUT2D eigenvalue weighted by Crippen LogP contribution is -2.46. The van der Waals surface area contributed by atoms with Crippen molar-refractivity contribution in [2.24, 2.45) is 5.92 Å². The Balaban J connectivity index is 1.64. The topological polar surface area (TPSA) is 89.2 Å². The van der Waals surface area contributed by atoms with Crippen LogP contribution in [0, 0.1) is 5.92 Å². The van der Waals surface area contributed by atoms with Crippen molar-refractivity contribution in [3.05, 3.63) is 18.5 Å². The molecule has 0 bridgehead atoms. The molecule has 7 nitrogen and oxygen atoms in total. The summed E-state index contributed by atoms with van der Waals surface area (Å²) < 4.78 is 5.86. The molecule has 0 amide bonds. The Morgan fingerprint density at radius 3 is 3.09 bits per heavy atom. The smallest absolute Gasteiger partial charge is 0.166 e. The zero-order valence-corrected chi connectivity index (χ0v) is 13.7. The number of pyridine rings is 1. The van der Waals surface area contributed by atoms with Crippen LogP contribution in [-0.2, 0) is 4.74 Å². The van der Waals surface area contributed by atoms with Gasteiger partial charge in [-0.15, -0.1) is 0 Å². The Bertz CT molecular complexity index is 662. The van der Waals surface area contributed by atoms with Gasteiger partial charge in [0.1, 0.15) is 18.0 Å². The number of ether oxygens (including phenoxy) is 1. The molecule has 1 fully saturated rings. The number of hydrogen-bond acceptors (Lipinski definition) is 7. The van der Waals surface area contributed by atoms with Gasteiger partial charge in [-0.2, -0.15) is 0 Å². The molecule has 1 aliphatic rings. The van der Waals surface area contributed by atoms with Crippen LogP contribution in [0.1, 0.15) is 13.8 Å². The summed E-state index contributed by atoms with van der Waals surface area (Å²) in [5, 5.41) is 4.24. The number of aromatic nitrogens is 3. The molecular formula is C16H24N6O. The third-order valence-electron chi connectivity index (χ3n) is 3.86. The molecule has 3 N–H and O–H groups in total. The normalized spacial score (nSPS) is 19.3. The van der Waals surface area contributed by atoms with E-state index < -0.39 is 0 Å². The second-order valence-corrected chi connectivity index (χ2v) is 6.36. The zero-order chi connectivity index (χ0) is 16.2. The van der Waals surface area contributed by atoms with Crippen LogP contribution in [0.4, 0.5) is 11.6 Å². The van der Waals surface area contributed by atoms with Crippen LogP contribution in [-0.4, -0.2) is 58.7 Å². The van der Waals surface area contributed by atoms with Crippen molar-refractivity contribution < 1.29 is 4.74 Å². The van der Waals surface area contributed by atoms with Crippen molar-refractivity contribution in [1.29, 1.82) is 0 Å². The molecule has 1 unspecified atom stereocenters. The van der Waals surface area contributed by atoms with Gasteiger partial charge in [-0.1, -0.05) is 13.8 Å². The highest BCUT2D eigenvalue weighted by molar-refractivity contribution is 5.87. The summed E-state index contributed by atoms with van der Waals surface area (Å²) in [4.78, 5) is 15.2. The van der Waals surface area contributed by atoms with Crippen molar-refractivity contribution >= 4 is 22.7 Å². The number of nitrogens with zero attached hydrogens (tertiary/aromatic N) is 4. The van der Waals surface area contributed by atoms with E-state index >= 15 is 0 Å². The Hall–Kier alpha value is -1.99. The lowest BCUT2D eigenvalue weighted by atomic mass is 10.2. The molecule has 1 saturated heterocycles. The molecule has 7 heteroatoms. The van der Waals surface area contributed by atoms with Crippen LogP contribution in [0.25, 0.3) is 11.0 Å². The van der Waals surface area contributed by atoms with Crippen LogP contribution >= 0.6 is 0 Å². The van der Waals surface area contributed by atoms with Crippen LogP contribution in [0.5, 0.6) is 0 Å². The molecule has 2 aromatic heterocycles. The van der Waals surface area contributed by atoms with Gasteiger partial charge >= 0.3 is 0 Å². The van der Waals surface area contributed by atoms with Crippen LogP contribution in [0.2, 0.25) is 0 Å². The van der Waals surface area contributed by atoms with Gasteiger partial charge in [0.05, 0.1) is 18.1 Å². The number of anilines is 2. The highest BCUT2D eigenvalue weighted by atomic mass is 16.5. The summed E-state index contributed by atoms with van der Waals surface area (Å²) in [5.41, 5.74) is 6.31. The monoisotopic (exact) mass is 316 g/mol. The average molecular weight is 316 g/mol. The molecule has 0 saturated carbocycles. The van der Waals surface area contributed by atoms with E-state index in [9.17, 15) is 0 Å². The quantitative estimate of drug-likeness (QED) is 0.861. The highest BCUT2D eigenvalue weighted by Gasteiger charge is 2.21. The predicted molar refractivity (Wildman–Crippen MR) is 91.3 cm³/mol. The lowest BCUT2D eigenvalue weighted by Gasteiger charge is -2.34. The molecule has 0 radical (unpaired) electrons. The van der Waals surface area contributed by atoms with Crippen LogP contribution < -0.4 is 11.1 Å². The molecule has 1 aliphatic heterocycles. The maximum absolute atomic E-state index is 5.86. The molecular weight excluding hydrogens is 292 g/mol. The minimum Gasteiger partial charge on any atom is -0.384 e. The first-order valence-electron chi connectivity index (χ1n) is 8.07. The first-order chi connectivity index (χ1) is 11.1. The number of fused-ring (bicyclic) bond motifs is 1. The number of nitrogen functional groups attached to an aromatic ring is 1. The van der Waals surface area contributed by atoms with Gasteiger partial charge < -0.3 is 15.8 Å². The van der Waals surface area contributed by atoms with Crippen molar-refractivity contribution in [1.82, 2.24) is 19.9 Å². The fourth-order valence-electron chi connectivity index (χ4n) is 2.89. The van der Waals surface area contributed by atoms with Crippen LogP contribution in [0.3, 0.4) is 0 Å². The number of nitrogens with two attached hydrogens (primary N) is 1. The number of nitrogens with one attached hydrogen (secondary N) is 1. The van der Waals surface area contributed by atoms with Gasteiger partial charge in [0, 0.05) is 26.2 Å². The predicted octanol–water partition coefficient (Wildman–Crippen LogP) is 1.38. The van der Waals surface area contributed by atoms with Gasteiger partial charge in [0.2, 0.25) is 0 Å². The maximum atomic E-state index is 5.86. The summed E-state index contributed by atoms with van der Waals surface area (Å²) in [7, 11) is 0. The molecule has 124 valence electrons. The van der Waals surface area contributed by atoms with Crippen molar-refractivity contribution in [2.45, 2.75) is 20.0 Å². The minimum atomic E-state index is 0.161. The second-order valence-electron chi connectivity index (χ2n) is 6.36. The van der Waals surface area contributed by atoms with E-state index in [1.807, 2.05) is 6.07 Å². The minimum absolute atomic E-state index is 0.161. The second kappa shape index (κ2) is 7.06. The number of morpholine rings is 1. The van der Waals surface area contributed by atoms with Crippen molar-refractivity contribution in [2.75, 3.05) is 43.8 Å². The van der Waals surface area contributed by atoms with E-state index in [1.165, 1.54) is 6.33 Å². The molecule has 0 aromatic carbocycles. The summed E-state index contributed by atoms with van der Waals surface area (Å²) in [6.07, 6.45) is 1.67. The van der Waals surface area contributed by atoms with Crippen molar-refractivity contribution in [3.63, 3.8) is 0 Å². The van der Waals surface area contributed by atoms with E-state index in [-0.39, 0.29) is 6.10 Å². The average Bonchev–Trinajstić information content (AvgIpc) is 2.52. The molecule has 2 aromatic rings. The molecule has 0 aliphatic carbocycles. The Kier molecular flexibility index (Phi) is 4.88. The van der Waals surface area contributed by atoms with Gasteiger partial charge in [-0.25, -0.2) is 15.0 Å². The van der Waals surface area contributed by atoms with Crippen LogP contribution in [0.15, 0.2) is 18.5 Å². The molecule has 0 spiro atoms. The molecule has 3 heterocycles. The van der Waals surface area contributed by atoms with Gasteiger partial charge in [0.25, 0.3) is 0 Å². The fourth-order valence-corrected chi connectivity index (χ4v) is 2.89. The third kappa shape index (κ3) is 4.05. The zero-order valence-electron chi connectivity index (χ0n) is 13.7. The van der Waals surface area contributed by atoms with E-state index in [1.54, 1.807) is 6.07 Å². The Morgan fingerprint density at radius 1 is 1.39 bits per heavy atom. The summed E-state index contributed by atoms with van der Waals surface area (Å²) in [5.74, 6) is 1.90. The van der Waals surface area contributed by atoms with Gasteiger partial charge in [-0.05, 0) is 18.1 Å². The Morgan fingerprint density at radius 2 is 2.26 bits per heavy atom. The fraction of sp³-hybridized carbons (Fsp3) is 0.562. The van der Waals surface area contributed by atoms with Gasteiger partial charge in [-0.3, -0.25) is 4.90 Å². The number of hydrogen-bond donors (Lipinski definition) is 2. The first kappa shape index (κ1) is 15.9. The largest absolute Gasteiger partial charge is 0.384 e. The van der Waals surface area contributed by atoms with Gasteiger partial charge in [0.15, 0.2) is 5.65 Å². The maximum Gasteiger partial charge on any atom is 0.166 e. The van der Waals surface area contributed by atoms with E-state index in [4.69, 9.17) is 10.5 Å².